The summed E-state index contributed by atoms with van der Waals surface area (Å²) in [5.41, 5.74) is 2.39. The first-order valence-corrected chi connectivity index (χ1v) is 10.6. The first kappa shape index (κ1) is 20.4. The van der Waals surface area contributed by atoms with Crippen LogP contribution < -0.4 is 20.4 Å². The average Bonchev–Trinajstić information content (AvgIpc) is 2.79. The van der Waals surface area contributed by atoms with Crippen molar-refractivity contribution in [3.05, 3.63) is 77.4 Å². The quantitative estimate of drug-likeness (QED) is 0.462. The number of benzene rings is 2. The van der Waals surface area contributed by atoms with E-state index in [0.717, 1.165) is 37.6 Å². The smallest absolute Gasteiger partial charge is 0.232 e. The number of aromatic nitrogens is 2. The van der Waals surface area contributed by atoms with Crippen molar-refractivity contribution in [2.45, 2.75) is 6.54 Å². The van der Waals surface area contributed by atoms with Crippen molar-refractivity contribution in [3.8, 4) is 0 Å². The van der Waals surface area contributed by atoms with E-state index >= 15 is 0 Å². The molecular weight excluding hydrogens is 416 g/mol. The van der Waals surface area contributed by atoms with Crippen LogP contribution in [0, 0.1) is 0 Å². The fraction of sp³-hybridized carbons (Fsp3) is 0.227. The lowest BCUT2D eigenvalue weighted by molar-refractivity contribution is 0.647. The van der Waals surface area contributed by atoms with Gasteiger partial charge in [-0.2, -0.15) is 4.98 Å². The molecule has 0 unspecified atom stereocenters. The molecule has 2 N–H and O–H groups in total. The van der Waals surface area contributed by atoms with Crippen molar-refractivity contribution < 1.29 is 0 Å². The lowest BCUT2D eigenvalue weighted by atomic mass is 10.2. The molecule has 4 rings (SSSR count). The van der Waals surface area contributed by atoms with Crippen molar-refractivity contribution in [3.63, 3.8) is 0 Å². The number of thiocarbonyl (C=S) groups is 1. The van der Waals surface area contributed by atoms with Crippen LogP contribution in [0.25, 0.3) is 0 Å². The summed E-state index contributed by atoms with van der Waals surface area (Å²) in [5.74, 6) is 1.20. The van der Waals surface area contributed by atoms with E-state index in [-0.39, 0.29) is 0 Å². The monoisotopic (exact) mass is 438 g/mol. The van der Waals surface area contributed by atoms with Gasteiger partial charge in [0.15, 0.2) is 5.11 Å². The Bertz CT molecular complexity index is 977. The first-order chi connectivity index (χ1) is 14.7. The van der Waals surface area contributed by atoms with Gasteiger partial charge in [-0.3, -0.25) is 0 Å². The summed E-state index contributed by atoms with van der Waals surface area (Å²) in [5, 5.41) is 7.06. The Morgan fingerprint density at radius 3 is 2.23 bits per heavy atom. The third-order valence-electron chi connectivity index (χ3n) is 4.93. The predicted octanol–water partition coefficient (Wildman–Crippen LogP) is 3.94. The van der Waals surface area contributed by atoms with Crippen LogP contribution in [0.3, 0.4) is 0 Å². The van der Waals surface area contributed by atoms with E-state index in [9.17, 15) is 0 Å². The van der Waals surface area contributed by atoms with Gasteiger partial charge in [0.2, 0.25) is 5.95 Å². The topological polar surface area (TPSA) is 56.3 Å². The number of rotatable bonds is 5. The van der Waals surface area contributed by atoms with Crippen LogP contribution >= 0.6 is 23.8 Å². The van der Waals surface area contributed by atoms with E-state index in [1.807, 2.05) is 36.4 Å². The Morgan fingerprint density at radius 1 is 0.900 bits per heavy atom. The average molecular weight is 439 g/mol. The number of para-hydroxylation sites is 1. The zero-order chi connectivity index (χ0) is 20.8. The summed E-state index contributed by atoms with van der Waals surface area (Å²) in [6.45, 7) is 4.19. The van der Waals surface area contributed by atoms with Gasteiger partial charge >= 0.3 is 0 Å². The normalized spacial score (nSPS) is 13.8. The molecule has 0 amide bonds. The van der Waals surface area contributed by atoms with Crippen molar-refractivity contribution in [2.75, 3.05) is 41.3 Å². The first-order valence-electron chi connectivity index (χ1n) is 9.86. The van der Waals surface area contributed by atoms with E-state index in [2.05, 4.69) is 54.7 Å². The Labute approximate surface area is 186 Å². The van der Waals surface area contributed by atoms with Gasteiger partial charge in [0.05, 0.1) is 0 Å². The van der Waals surface area contributed by atoms with Gasteiger partial charge in [-0.1, -0.05) is 60.1 Å². The second-order valence-corrected chi connectivity index (χ2v) is 7.77. The van der Waals surface area contributed by atoms with E-state index in [1.54, 1.807) is 6.07 Å². The third kappa shape index (κ3) is 5.37. The highest BCUT2D eigenvalue weighted by atomic mass is 35.5. The number of hydrogen-bond donors (Lipinski definition) is 2. The SMILES string of the molecule is S=C(NCc1ccccc1)Nc1nc(Cl)cc(N2CCN(c3ccccc3)CC2)n1. The molecule has 0 spiro atoms. The minimum absolute atomic E-state index is 0.388. The fourth-order valence-electron chi connectivity index (χ4n) is 3.38. The largest absolute Gasteiger partial charge is 0.368 e. The molecule has 0 atom stereocenters. The van der Waals surface area contributed by atoms with E-state index < -0.39 is 0 Å². The van der Waals surface area contributed by atoms with Crippen LogP contribution in [0.2, 0.25) is 5.15 Å². The minimum atomic E-state index is 0.388. The van der Waals surface area contributed by atoms with E-state index in [0.29, 0.717) is 22.8 Å². The number of nitrogens with zero attached hydrogens (tertiary/aromatic N) is 4. The van der Waals surface area contributed by atoms with Crippen molar-refractivity contribution in [2.24, 2.45) is 0 Å². The maximum atomic E-state index is 6.26. The number of halogens is 1. The second kappa shape index (κ2) is 9.73. The Hall–Kier alpha value is -2.90. The summed E-state index contributed by atoms with van der Waals surface area (Å²) in [4.78, 5) is 13.5. The predicted molar refractivity (Wildman–Crippen MR) is 127 cm³/mol. The van der Waals surface area contributed by atoms with Crippen LogP contribution in [0.15, 0.2) is 66.7 Å². The number of nitrogens with one attached hydrogen (secondary N) is 2. The highest BCUT2D eigenvalue weighted by Crippen LogP contribution is 2.22. The Balaban J connectivity index is 1.35. The molecule has 30 heavy (non-hydrogen) atoms. The maximum Gasteiger partial charge on any atom is 0.232 e. The van der Waals surface area contributed by atoms with Gasteiger partial charge in [-0.05, 0) is 29.9 Å². The summed E-state index contributed by atoms with van der Waals surface area (Å²) >= 11 is 11.6. The van der Waals surface area contributed by atoms with Crippen LogP contribution in [-0.4, -0.2) is 41.3 Å². The molecule has 6 nitrogen and oxygen atoms in total. The summed E-state index contributed by atoms with van der Waals surface area (Å²) in [6, 6.07) is 22.3. The molecule has 0 bridgehead atoms. The van der Waals surface area contributed by atoms with Crippen LogP contribution in [0.1, 0.15) is 5.56 Å². The zero-order valence-corrected chi connectivity index (χ0v) is 18.0. The number of piperazine rings is 1. The molecule has 1 aliphatic rings. The third-order valence-corrected chi connectivity index (χ3v) is 5.37. The molecule has 0 aliphatic carbocycles. The van der Waals surface area contributed by atoms with Gasteiger partial charge in [-0.15, -0.1) is 0 Å². The van der Waals surface area contributed by atoms with E-state index in [4.69, 9.17) is 23.8 Å². The highest BCUT2D eigenvalue weighted by Gasteiger charge is 2.19. The minimum Gasteiger partial charge on any atom is -0.368 e. The lowest BCUT2D eigenvalue weighted by Gasteiger charge is -2.36. The molecule has 2 aromatic carbocycles. The second-order valence-electron chi connectivity index (χ2n) is 6.98. The Kier molecular flexibility index (Phi) is 6.61. The van der Waals surface area contributed by atoms with Gasteiger partial charge in [0.1, 0.15) is 11.0 Å². The molecule has 2 heterocycles. The van der Waals surface area contributed by atoms with Gasteiger partial charge < -0.3 is 20.4 Å². The van der Waals surface area contributed by atoms with Gasteiger partial charge in [0.25, 0.3) is 0 Å². The van der Waals surface area contributed by atoms with Crippen molar-refractivity contribution in [1.29, 1.82) is 0 Å². The van der Waals surface area contributed by atoms with Gasteiger partial charge in [0, 0.05) is 44.5 Å². The zero-order valence-electron chi connectivity index (χ0n) is 16.5. The fourth-order valence-corrected chi connectivity index (χ4v) is 3.72. The molecule has 1 fully saturated rings. The molecule has 1 saturated heterocycles. The van der Waals surface area contributed by atoms with Crippen molar-refractivity contribution in [1.82, 2.24) is 15.3 Å². The number of hydrogen-bond acceptors (Lipinski definition) is 5. The number of anilines is 3. The van der Waals surface area contributed by atoms with Gasteiger partial charge in [-0.25, -0.2) is 4.98 Å². The molecule has 1 aromatic heterocycles. The van der Waals surface area contributed by atoms with Crippen LogP contribution in [-0.2, 0) is 6.54 Å². The molecule has 8 heteroatoms. The summed E-state index contributed by atoms with van der Waals surface area (Å²) in [7, 11) is 0. The Morgan fingerprint density at radius 2 is 1.53 bits per heavy atom. The van der Waals surface area contributed by atoms with E-state index in [1.165, 1.54) is 5.69 Å². The van der Waals surface area contributed by atoms with Crippen LogP contribution in [0.5, 0.6) is 0 Å². The molecule has 0 saturated carbocycles. The van der Waals surface area contributed by atoms with Crippen molar-refractivity contribution >= 4 is 46.4 Å². The lowest BCUT2D eigenvalue weighted by Crippen LogP contribution is -2.46. The molecular formula is C22H23ClN6S. The molecule has 1 aliphatic heterocycles. The summed E-state index contributed by atoms with van der Waals surface area (Å²) < 4.78 is 0. The molecule has 0 radical (unpaired) electrons. The molecule has 3 aromatic rings. The van der Waals surface area contributed by atoms with Crippen LogP contribution in [0.4, 0.5) is 17.5 Å². The maximum absolute atomic E-state index is 6.26. The standard InChI is InChI=1S/C22H23ClN6S/c23-19-15-20(29-13-11-28(12-14-29)18-9-5-2-6-10-18)26-21(25-19)27-22(30)24-16-17-7-3-1-4-8-17/h1-10,15H,11-14,16H2,(H2,24,25,26,27,30). The highest BCUT2D eigenvalue weighted by molar-refractivity contribution is 7.80. The molecule has 154 valence electrons. The summed E-state index contributed by atoms with van der Waals surface area (Å²) in [6.07, 6.45) is 0.